The molecule has 0 aromatic carbocycles. The number of nitrogens with one attached hydrogen (secondary N) is 1. The smallest absolute Gasteiger partial charge is 0.305 e. The van der Waals surface area contributed by atoms with Gasteiger partial charge in [-0.15, -0.1) is 0 Å². The third-order valence-electron chi connectivity index (χ3n) is 17.6. The minimum atomic E-state index is -0.666. The molecule has 6 nitrogen and oxygen atoms in total. The van der Waals surface area contributed by atoms with Gasteiger partial charge >= 0.3 is 5.97 Å². The zero-order valence-corrected chi connectivity index (χ0v) is 54.6. The van der Waals surface area contributed by atoms with Gasteiger partial charge < -0.3 is 20.3 Å². The zero-order chi connectivity index (χ0) is 57.8. The van der Waals surface area contributed by atoms with Gasteiger partial charge in [-0.3, -0.25) is 9.59 Å². The van der Waals surface area contributed by atoms with Crippen molar-refractivity contribution in [1.82, 2.24) is 5.32 Å². The Hall–Kier alpha value is -1.40. The lowest BCUT2D eigenvalue weighted by molar-refractivity contribution is -0.143. The van der Waals surface area contributed by atoms with Gasteiger partial charge in [0.05, 0.1) is 25.4 Å². The fourth-order valence-electron chi connectivity index (χ4n) is 11.9. The Bertz CT molecular complexity index is 1210. The van der Waals surface area contributed by atoms with Crippen LogP contribution in [-0.2, 0) is 14.3 Å². The lowest BCUT2D eigenvalue weighted by Gasteiger charge is -2.22. The van der Waals surface area contributed by atoms with Crippen LogP contribution in [0.4, 0.5) is 0 Å². The van der Waals surface area contributed by atoms with Crippen LogP contribution < -0.4 is 5.32 Å². The molecule has 0 aliphatic heterocycles. The van der Waals surface area contributed by atoms with Crippen LogP contribution in [0.25, 0.3) is 0 Å². The fraction of sp³-hybridized carbons (Fsp3) is 0.946. The van der Waals surface area contributed by atoms with Crippen LogP contribution in [0, 0.1) is 0 Å². The quantitative estimate of drug-likeness (QED) is 0.0320. The van der Waals surface area contributed by atoms with Crippen molar-refractivity contribution >= 4 is 11.9 Å². The van der Waals surface area contributed by atoms with Gasteiger partial charge in [0.15, 0.2) is 0 Å². The van der Waals surface area contributed by atoms with Crippen LogP contribution in [0.1, 0.15) is 425 Å². The molecule has 2 atom stereocenters. The van der Waals surface area contributed by atoms with Crippen molar-refractivity contribution in [3.63, 3.8) is 0 Å². The van der Waals surface area contributed by atoms with E-state index in [1.165, 1.54) is 353 Å². The minimum absolute atomic E-state index is 0.0179. The average Bonchev–Trinajstić information content (AvgIpc) is 3.46. The molecule has 1 amide bonds. The average molecular weight is 1130 g/mol. The molecule has 0 aromatic heterocycles. The van der Waals surface area contributed by atoms with E-state index >= 15 is 0 Å². The number of ether oxygens (including phenoxy) is 1. The van der Waals surface area contributed by atoms with E-state index in [0.717, 1.165) is 38.5 Å². The molecule has 0 heterocycles. The molecule has 2 unspecified atom stereocenters. The second-order valence-corrected chi connectivity index (χ2v) is 25.6. The zero-order valence-electron chi connectivity index (χ0n) is 54.6. The number of allylic oxidation sites excluding steroid dienone is 2. The second-order valence-electron chi connectivity index (χ2n) is 25.6. The Labute approximate surface area is 501 Å². The number of hydrogen-bond acceptors (Lipinski definition) is 5. The molecule has 0 fully saturated rings. The summed E-state index contributed by atoms with van der Waals surface area (Å²) in [6, 6.07) is -0.544. The summed E-state index contributed by atoms with van der Waals surface area (Å²) in [5.74, 6) is -0.0135. The first-order valence-electron chi connectivity index (χ1n) is 36.9. The van der Waals surface area contributed by atoms with E-state index in [4.69, 9.17) is 4.74 Å². The predicted molar refractivity (Wildman–Crippen MR) is 352 cm³/mol. The molecule has 0 radical (unpaired) electrons. The normalized spacial score (nSPS) is 12.5. The van der Waals surface area contributed by atoms with Crippen molar-refractivity contribution in [3.05, 3.63) is 12.2 Å². The summed E-state index contributed by atoms with van der Waals surface area (Å²) in [7, 11) is 0. The highest BCUT2D eigenvalue weighted by molar-refractivity contribution is 5.76. The summed E-state index contributed by atoms with van der Waals surface area (Å²) >= 11 is 0. The molecule has 476 valence electrons. The van der Waals surface area contributed by atoms with Crippen molar-refractivity contribution in [2.24, 2.45) is 0 Å². The van der Waals surface area contributed by atoms with Crippen LogP contribution >= 0.6 is 0 Å². The van der Waals surface area contributed by atoms with Gasteiger partial charge in [0.2, 0.25) is 5.91 Å². The van der Waals surface area contributed by atoms with Gasteiger partial charge in [-0.25, -0.2) is 0 Å². The van der Waals surface area contributed by atoms with Gasteiger partial charge in [-0.05, 0) is 51.4 Å². The number of carbonyl (C=O) groups excluding carboxylic acids is 2. The van der Waals surface area contributed by atoms with E-state index in [9.17, 15) is 19.8 Å². The van der Waals surface area contributed by atoms with Crippen molar-refractivity contribution in [1.29, 1.82) is 0 Å². The molecule has 80 heavy (non-hydrogen) atoms. The molecule has 0 aliphatic rings. The molecule has 3 N–H and O–H groups in total. The Morgan fingerprint density at radius 1 is 0.338 bits per heavy atom. The number of rotatable bonds is 70. The van der Waals surface area contributed by atoms with Crippen molar-refractivity contribution in [2.45, 2.75) is 437 Å². The van der Waals surface area contributed by atoms with E-state index in [-0.39, 0.29) is 18.5 Å². The molecular formula is C74H145NO5. The first-order chi connectivity index (χ1) is 39.5. The Kier molecular flexibility index (Phi) is 68.9. The lowest BCUT2D eigenvalue weighted by Crippen LogP contribution is -2.45. The van der Waals surface area contributed by atoms with E-state index in [1.54, 1.807) is 0 Å². The molecule has 0 aromatic rings. The molecule has 0 saturated heterocycles. The second kappa shape index (κ2) is 70.1. The maximum absolute atomic E-state index is 12.6. The monoisotopic (exact) mass is 1130 g/mol. The highest BCUT2D eigenvalue weighted by Gasteiger charge is 2.20. The summed E-state index contributed by atoms with van der Waals surface area (Å²) in [6.07, 6.45) is 87.0. The van der Waals surface area contributed by atoms with Crippen LogP contribution in [0.2, 0.25) is 0 Å². The SMILES string of the molecule is CCCCCCCCCCCCCCCCCCCCCCCCCC(O)C(CO)NC(=O)CCCCCCCCCCCC/C=C\CCCCCCCCCCCCCCOC(=O)CCCCCCCCCCCCCCCC. The Balaban J connectivity index is 3.38. The summed E-state index contributed by atoms with van der Waals surface area (Å²) in [5, 5.41) is 23.4. The van der Waals surface area contributed by atoms with Gasteiger partial charge in [-0.2, -0.15) is 0 Å². The largest absolute Gasteiger partial charge is 0.466 e. The highest BCUT2D eigenvalue weighted by Crippen LogP contribution is 2.19. The maximum atomic E-state index is 12.6. The lowest BCUT2D eigenvalue weighted by atomic mass is 10.0. The van der Waals surface area contributed by atoms with Crippen LogP contribution in [0.15, 0.2) is 12.2 Å². The molecular weight excluding hydrogens is 983 g/mol. The summed E-state index contributed by atoms with van der Waals surface area (Å²) in [6.45, 7) is 5.00. The van der Waals surface area contributed by atoms with E-state index in [1.807, 2.05) is 0 Å². The van der Waals surface area contributed by atoms with E-state index < -0.39 is 12.1 Å². The number of hydrogen-bond donors (Lipinski definition) is 3. The number of unbranched alkanes of at least 4 members (excludes halogenated alkanes) is 57. The molecule has 6 heteroatoms. The molecule has 0 spiro atoms. The summed E-state index contributed by atoms with van der Waals surface area (Å²) in [5.41, 5.74) is 0. The van der Waals surface area contributed by atoms with Crippen LogP contribution in [0.5, 0.6) is 0 Å². The predicted octanol–water partition coefficient (Wildman–Crippen LogP) is 23.9. The van der Waals surface area contributed by atoms with Crippen molar-refractivity contribution in [3.8, 4) is 0 Å². The molecule has 0 rings (SSSR count). The first kappa shape index (κ1) is 78.6. The first-order valence-corrected chi connectivity index (χ1v) is 36.9. The topological polar surface area (TPSA) is 95.9 Å². The summed E-state index contributed by atoms with van der Waals surface area (Å²) in [4.78, 5) is 24.6. The molecule has 0 bridgehead atoms. The third kappa shape index (κ3) is 65.7. The number of esters is 1. The number of aliphatic hydroxyl groups excluding tert-OH is 2. The van der Waals surface area contributed by atoms with Crippen molar-refractivity contribution in [2.75, 3.05) is 13.2 Å². The number of carbonyl (C=O) groups is 2. The number of aliphatic hydroxyl groups is 2. The fourth-order valence-corrected chi connectivity index (χ4v) is 11.9. The molecule has 0 aliphatic carbocycles. The van der Waals surface area contributed by atoms with Crippen LogP contribution in [-0.4, -0.2) is 47.4 Å². The third-order valence-corrected chi connectivity index (χ3v) is 17.6. The summed E-state index contributed by atoms with van der Waals surface area (Å²) < 4.78 is 5.49. The van der Waals surface area contributed by atoms with Crippen LogP contribution in [0.3, 0.4) is 0 Å². The Morgan fingerprint density at radius 3 is 0.887 bits per heavy atom. The molecule has 0 saturated carbocycles. The van der Waals surface area contributed by atoms with Gasteiger partial charge in [0, 0.05) is 12.8 Å². The Morgan fingerprint density at radius 2 is 0.588 bits per heavy atom. The standard InChI is InChI=1S/C74H145NO5/c1-3-5-7-9-11-13-15-17-19-20-21-22-27-30-33-36-39-42-46-50-54-58-62-66-72(77)71(70-76)75-73(78)67-63-59-55-51-47-43-40-37-34-31-28-25-23-24-26-29-32-35-38-41-45-49-53-57-61-65-69-80-74(79)68-64-60-56-52-48-44-18-16-14-12-10-8-6-4-2/h23,25,71-72,76-77H,3-22,24,26-70H2,1-2H3,(H,75,78)/b25-23-. The highest BCUT2D eigenvalue weighted by atomic mass is 16.5. The maximum Gasteiger partial charge on any atom is 0.305 e. The van der Waals surface area contributed by atoms with E-state index in [0.29, 0.717) is 25.9 Å². The minimum Gasteiger partial charge on any atom is -0.466 e. The van der Waals surface area contributed by atoms with Gasteiger partial charge in [-0.1, -0.05) is 373 Å². The van der Waals surface area contributed by atoms with E-state index in [2.05, 4.69) is 31.3 Å². The van der Waals surface area contributed by atoms with Crippen molar-refractivity contribution < 1.29 is 24.5 Å². The number of amides is 1. The van der Waals surface area contributed by atoms with Gasteiger partial charge in [0.1, 0.15) is 0 Å². The van der Waals surface area contributed by atoms with Gasteiger partial charge in [0.25, 0.3) is 0 Å².